The van der Waals surface area contributed by atoms with E-state index in [1.807, 2.05) is 30.3 Å². The van der Waals surface area contributed by atoms with Crippen LogP contribution in [0.25, 0.3) is 22.3 Å². The number of carbonyl (C=O) groups excluding carboxylic acids is 1. The molecular weight excluding hydrogens is 366 g/mol. The number of ether oxygens (including phenoxy) is 1. The van der Waals surface area contributed by atoms with E-state index in [0.717, 1.165) is 30.5 Å². The summed E-state index contributed by atoms with van der Waals surface area (Å²) in [6, 6.07) is 13.4. The molecule has 3 aromatic rings. The molecule has 1 N–H and O–H groups in total. The summed E-state index contributed by atoms with van der Waals surface area (Å²) in [5.74, 6) is 0.238. The first-order chi connectivity index (χ1) is 14.1. The van der Waals surface area contributed by atoms with Gasteiger partial charge in [-0.05, 0) is 45.4 Å². The predicted molar refractivity (Wildman–Crippen MR) is 113 cm³/mol. The van der Waals surface area contributed by atoms with Gasteiger partial charge in [-0.2, -0.15) is 0 Å². The molecule has 2 aromatic carbocycles. The second-order valence-electron chi connectivity index (χ2n) is 7.64. The zero-order chi connectivity index (χ0) is 20.4. The maximum Gasteiger partial charge on any atom is 0.342 e. The van der Waals surface area contributed by atoms with Crippen LogP contribution in [0.5, 0.6) is 5.75 Å². The van der Waals surface area contributed by atoms with Gasteiger partial charge in [0.15, 0.2) is 0 Å². The molecule has 1 aliphatic heterocycles. The summed E-state index contributed by atoms with van der Waals surface area (Å²) in [6.45, 7) is 5.83. The van der Waals surface area contributed by atoms with E-state index in [0.29, 0.717) is 34.9 Å². The molecule has 4 rings (SSSR count). The van der Waals surface area contributed by atoms with Crippen LogP contribution in [0.1, 0.15) is 49.0 Å². The van der Waals surface area contributed by atoms with Crippen molar-refractivity contribution in [3.63, 3.8) is 0 Å². The third-order valence-corrected chi connectivity index (χ3v) is 5.76. The summed E-state index contributed by atoms with van der Waals surface area (Å²) in [5.41, 5.74) is 2.52. The van der Waals surface area contributed by atoms with Crippen molar-refractivity contribution >= 4 is 16.9 Å². The summed E-state index contributed by atoms with van der Waals surface area (Å²) in [6.07, 6.45) is 3.51. The van der Waals surface area contributed by atoms with E-state index in [2.05, 4.69) is 11.8 Å². The van der Waals surface area contributed by atoms with Crippen molar-refractivity contribution in [3.05, 3.63) is 53.6 Å². The largest absolute Gasteiger partial charge is 0.508 e. The minimum absolute atomic E-state index is 0.182. The van der Waals surface area contributed by atoms with Crippen molar-refractivity contribution in [1.29, 1.82) is 0 Å². The van der Waals surface area contributed by atoms with Crippen molar-refractivity contribution in [2.75, 3.05) is 13.2 Å². The number of hydrogen-bond acceptors (Lipinski definition) is 5. The number of furan rings is 1. The molecule has 2 heterocycles. The lowest BCUT2D eigenvalue weighted by atomic mass is 9.98. The molecule has 0 saturated carbocycles. The number of phenolic OH excluding ortho intramolecular Hbond substituents is 1. The van der Waals surface area contributed by atoms with Crippen LogP contribution < -0.4 is 0 Å². The van der Waals surface area contributed by atoms with Crippen LogP contribution >= 0.6 is 0 Å². The molecule has 0 amide bonds. The van der Waals surface area contributed by atoms with Crippen molar-refractivity contribution in [3.8, 4) is 17.1 Å². The van der Waals surface area contributed by atoms with Gasteiger partial charge in [0.25, 0.3) is 0 Å². The number of esters is 1. The van der Waals surface area contributed by atoms with Gasteiger partial charge in [-0.1, -0.05) is 36.8 Å². The van der Waals surface area contributed by atoms with Gasteiger partial charge >= 0.3 is 5.97 Å². The molecule has 0 spiro atoms. The minimum atomic E-state index is -0.427. The van der Waals surface area contributed by atoms with E-state index < -0.39 is 5.97 Å². The van der Waals surface area contributed by atoms with Crippen LogP contribution in [0, 0.1) is 0 Å². The molecule has 5 nitrogen and oxygen atoms in total. The number of hydrogen-bond donors (Lipinski definition) is 1. The van der Waals surface area contributed by atoms with E-state index in [1.54, 1.807) is 19.1 Å². The first kappa shape index (κ1) is 19.5. The van der Waals surface area contributed by atoms with Gasteiger partial charge in [0, 0.05) is 29.1 Å². The van der Waals surface area contributed by atoms with E-state index in [1.165, 1.54) is 6.42 Å². The second kappa shape index (κ2) is 8.29. The van der Waals surface area contributed by atoms with Gasteiger partial charge in [0.1, 0.15) is 22.7 Å². The summed E-state index contributed by atoms with van der Waals surface area (Å²) in [7, 11) is 0. The van der Waals surface area contributed by atoms with Crippen LogP contribution in [0.3, 0.4) is 0 Å². The topological polar surface area (TPSA) is 62.9 Å². The van der Waals surface area contributed by atoms with Crippen molar-refractivity contribution in [2.24, 2.45) is 0 Å². The Morgan fingerprint density at radius 1 is 1.21 bits per heavy atom. The molecule has 29 heavy (non-hydrogen) atoms. The van der Waals surface area contributed by atoms with Gasteiger partial charge in [-0.25, -0.2) is 4.79 Å². The standard InChI is InChI=1S/C24H27NO4/c1-3-28-24(27)22-21-18(15-25-14-8-7-9-16(25)2)19(26)12-13-20(21)29-23(22)17-10-5-4-6-11-17/h4-6,10-13,16,26H,3,7-9,14-15H2,1-2H3/t16-/m1/s1. The van der Waals surface area contributed by atoms with E-state index in [4.69, 9.17) is 9.15 Å². The monoisotopic (exact) mass is 393 g/mol. The molecule has 1 saturated heterocycles. The minimum Gasteiger partial charge on any atom is -0.508 e. The molecular formula is C24H27NO4. The third-order valence-electron chi connectivity index (χ3n) is 5.76. The lowest BCUT2D eigenvalue weighted by Gasteiger charge is -2.33. The highest BCUT2D eigenvalue weighted by Crippen LogP contribution is 2.40. The number of benzene rings is 2. The van der Waals surface area contributed by atoms with Crippen LogP contribution in [0.2, 0.25) is 0 Å². The molecule has 1 aromatic heterocycles. The SMILES string of the molecule is CCOC(=O)c1c(-c2ccccc2)oc2ccc(O)c(CN3CCCC[C@H]3C)c12. The molecule has 152 valence electrons. The van der Waals surface area contributed by atoms with Crippen LogP contribution in [0.4, 0.5) is 0 Å². The summed E-state index contributed by atoms with van der Waals surface area (Å²) < 4.78 is 11.5. The maximum atomic E-state index is 13.0. The lowest BCUT2D eigenvalue weighted by molar-refractivity contribution is 0.0528. The average molecular weight is 393 g/mol. The normalized spacial score (nSPS) is 17.5. The van der Waals surface area contributed by atoms with Crippen molar-refractivity contribution in [1.82, 2.24) is 4.90 Å². The maximum absolute atomic E-state index is 13.0. The van der Waals surface area contributed by atoms with E-state index in [9.17, 15) is 9.90 Å². The Morgan fingerprint density at radius 3 is 2.72 bits per heavy atom. The molecule has 1 fully saturated rings. The molecule has 5 heteroatoms. The smallest absolute Gasteiger partial charge is 0.342 e. The highest BCUT2D eigenvalue weighted by molar-refractivity contribution is 6.10. The number of likely N-dealkylation sites (tertiary alicyclic amines) is 1. The highest BCUT2D eigenvalue weighted by Gasteiger charge is 2.28. The lowest BCUT2D eigenvalue weighted by Crippen LogP contribution is -2.36. The fraction of sp³-hybridized carbons (Fsp3) is 0.375. The zero-order valence-corrected chi connectivity index (χ0v) is 17.0. The molecule has 1 aliphatic rings. The van der Waals surface area contributed by atoms with Crippen molar-refractivity contribution < 1.29 is 19.1 Å². The van der Waals surface area contributed by atoms with E-state index >= 15 is 0 Å². The Balaban J connectivity index is 1.90. The number of carbonyl (C=O) groups is 1. The Kier molecular flexibility index (Phi) is 5.58. The summed E-state index contributed by atoms with van der Waals surface area (Å²) in [4.78, 5) is 15.3. The molecule has 0 unspecified atom stereocenters. The molecule has 0 radical (unpaired) electrons. The Bertz CT molecular complexity index is 1010. The van der Waals surface area contributed by atoms with Gasteiger partial charge < -0.3 is 14.3 Å². The highest BCUT2D eigenvalue weighted by atomic mass is 16.5. The van der Waals surface area contributed by atoms with Crippen LogP contribution in [-0.2, 0) is 11.3 Å². The summed E-state index contributed by atoms with van der Waals surface area (Å²) in [5, 5.41) is 11.4. The first-order valence-electron chi connectivity index (χ1n) is 10.3. The van der Waals surface area contributed by atoms with Gasteiger partial charge in [0.2, 0.25) is 0 Å². The molecule has 0 bridgehead atoms. The number of fused-ring (bicyclic) bond motifs is 1. The first-order valence-corrected chi connectivity index (χ1v) is 10.3. The quantitative estimate of drug-likeness (QED) is 0.592. The Morgan fingerprint density at radius 2 is 2.00 bits per heavy atom. The van der Waals surface area contributed by atoms with Crippen molar-refractivity contribution in [2.45, 2.75) is 45.7 Å². The molecule has 0 aliphatic carbocycles. The number of phenols is 1. The zero-order valence-electron chi connectivity index (χ0n) is 17.0. The van der Waals surface area contributed by atoms with Crippen LogP contribution in [-0.4, -0.2) is 35.2 Å². The number of rotatable bonds is 5. The predicted octanol–water partition coefficient (Wildman–Crippen LogP) is 5.36. The fourth-order valence-corrected chi connectivity index (χ4v) is 4.20. The Hall–Kier alpha value is -2.79. The molecule has 1 atom stereocenters. The number of aromatic hydroxyl groups is 1. The second-order valence-corrected chi connectivity index (χ2v) is 7.64. The summed E-state index contributed by atoms with van der Waals surface area (Å²) >= 11 is 0. The Labute approximate surface area is 170 Å². The third kappa shape index (κ3) is 3.75. The average Bonchev–Trinajstić information content (AvgIpc) is 3.12. The number of nitrogens with zero attached hydrogens (tertiary/aromatic N) is 1. The van der Waals surface area contributed by atoms with Gasteiger partial charge in [-0.15, -0.1) is 0 Å². The van der Waals surface area contributed by atoms with Crippen LogP contribution in [0.15, 0.2) is 46.9 Å². The fourth-order valence-electron chi connectivity index (χ4n) is 4.20. The van der Waals surface area contributed by atoms with E-state index in [-0.39, 0.29) is 12.4 Å². The van der Waals surface area contributed by atoms with Gasteiger partial charge in [-0.3, -0.25) is 4.90 Å². The number of piperidine rings is 1. The van der Waals surface area contributed by atoms with Gasteiger partial charge in [0.05, 0.1) is 6.61 Å².